The fourth-order valence-corrected chi connectivity index (χ4v) is 6.23. The summed E-state index contributed by atoms with van der Waals surface area (Å²) >= 11 is 12.4. The van der Waals surface area contributed by atoms with E-state index >= 15 is 0 Å². The van der Waals surface area contributed by atoms with Gasteiger partial charge in [0.05, 0.1) is 34.8 Å². The van der Waals surface area contributed by atoms with E-state index in [4.69, 9.17) is 32.7 Å². The van der Waals surface area contributed by atoms with E-state index in [0.29, 0.717) is 27.8 Å². The molecule has 9 nitrogen and oxygen atoms in total. The van der Waals surface area contributed by atoms with Crippen LogP contribution in [0.25, 0.3) is 0 Å². The Hall–Kier alpha value is -3.47. The number of methoxy groups -OCH3 is 2. The largest absolute Gasteiger partial charge is 0.493 e. The maximum atomic E-state index is 14.2. The molecule has 0 heterocycles. The lowest BCUT2D eigenvalue weighted by Crippen LogP contribution is -2.53. The van der Waals surface area contributed by atoms with Gasteiger partial charge >= 0.3 is 0 Å². The van der Waals surface area contributed by atoms with Crippen LogP contribution in [-0.2, 0) is 26.2 Å². The Kier molecular flexibility index (Phi) is 11.7. The van der Waals surface area contributed by atoms with E-state index in [9.17, 15) is 18.0 Å². The molecule has 0 saturated heterocycles. The van der Waals surface area contributed by atoms with Gasteiger partial charge in [0.1, 0.15) is 12.6 Å². The van der Waals surface area contributed by atoms with E-state index in [1.54, 1.807) is 49.4 Å². The number of ether oxygens (including phenoxy) is 2. The fraction of sp³-hybridized carbons (Fsp3) is 0.355. The third kappa shape index (κ3) is 8.34. The quantitative estimate of drug-likeness (QED) is 0.249. The van der Waals surface area contributed by atoms with Crippen molar-refractivity contribution in [2.24, 2.45) is 0 Å². The first-order chi connectivity index (χ1) is 20.3. The smallest absolute Gasteiger partial charge is 0.264 e. The van der Waals surface area contributed by atoms with E-state index in [1.165, 1.54) is 37.3 Å². The van der Waals surface area contributed by atoms with Crippen LogP contribution in [0.1, 0.15) is 38.3 Å². The van der Waals surface area contributed by atoms with Crippen LogP contribution >= 0.6 is 23.2 Å². The van der Waals surface area contributed by atoms with Gasteiger partial charge in [-0.15, -0.1) is 0 Å². The number of nitrogens with zero attached hydrogens (tertiary/aromatic N) is 2. The van der Waals surface area contributed by atoms with E-state index in [-0.39, 0.29) is 34.8 Å². The summed E-state index contributed by atoms with van der Waals surface area (Å²) < 4.78 is 39.9. The van der Waals surface area contributed by atoms with Crippen molar-refractivity contribution in [2.45, 2.75) is 57.6 Å². The zero-order valence-electron chi connectivity index (χ0n) is 25.1. The van der Waals surface area contributed by atoms with Gasteiger partial charge in [-0.25, -0.2) is 8.42 Å². The van der Waals surface area contributed by atoms with Crippen molar-refractivity contribution in [2.75, 3.05) is 25.1 Å². The maximum absolute atomic E-state index is 14.2. The van der Waals surface area contributed by atoms with E-state index in [0.717, 1.165) is 9.87 Å². The minimum absolute atomic E-state index is 0.00209. The predicted octanol–water partition coefficient (Wildman–Crippen LogP) is 5.85. The Labute approximate surface area is 263 Å². The first kappa shape index (κ1) is 34.0. The number of amides is 2. The Morgan fingerprint density at radius 1 is 0.907 bits per heavy atom. The van der Waals surface area contributed by atoms with Crippen molar-refractivity contribution in [1.82, 2.24) is 10.2 Å². The van der Waals surface area contributed by atoms with E-state index < -0.39 is 28.5 Å². The highest BCUT2D eigenvalue weighted by Gasteiger charge is 2.34. The number of rotatable bonds is 13. The van der Waals surface area contributed by atoms with Crippen molar-refractivity contribution in [1.29, 1.82) is 0 Å². The minimum atomic E-state index is -4.30. The lowest BCUT2D eigenvalue weighted by atomic mass is 10.1. The number of carbonyl (C=O) groups excluding carboxylic acids is 2. The summed E-state index contributed by atoms with van der Waals surface area (Å²) in [6.45, 7) is 6.73. The van der Waals surface area contributed by atoms with Gasteiger partial charge in [0, 0.05) is 18.7 Å². The van der Waals surface area contributed by atoms with Crippen LogP contribution in [0.5, 0.6) is 11.5 Å². The topological polar surface area (TPSA) is 105 Å². The molecule has 0 fully saturated rings. The van der Waals surface area contributed by atoms with Gasteiger partial charge in [-0.1, -0.05) is 53.9 Å². The van der Waals surface area contributed by atoms with Crippen LogP contribution in [0.4, 0.5) is 5.69 Å². The maximum Gasteiger partial charge on any atom is 0.264 e. The molecule has 1 atom stereocenters. The highest BCUT2D eigenvalue weighted by Crippen LogP contribution is 2.33. The van der Waals surface area contributed by atoms with Crippen LogP contribution < -0.4 is 19.1 Å². The van der Waals surface area contributed by atoms with Crippen LogP contribution in [0, 0.1) is 6.92 Å². The third-order valence-electron chi connectivity index (χ3n) is 6.70. The number of sulfonamides is 1. The van der Waals surface area contributed by atoms with Gasteiger partial charge in [0.2, 0.25) is 11.8 Å². The van der Waals surface area contributed by atoms with Crippen molar-refractivity contribution in [3.05, 3.63) is 81.8 Å². The average Bonchev–Trinajstić information content (AvgIpc) is 2.97. The van der Waals surface area contributed by atoms with Crippen LogP contribution in [0.3, 0.4) is 0 Å². The number of halogens is 2. The van der Waals surface area contributed by atoms with Crippen molar-refractivity contribution in [3.63, 3.8) is 0 Å². The summed E-state index contributed by atoms with van der Waals surface area (Å²) in [5, 5.41) is 3.51. The number of hydrogen-bond acceptors (Lipinski definition) is 6. The summed E-state index contributed by atoms with van der Waals surface area (Å²) in [6.07, 6.45) is 0.290. The molecular formula is C31H37Cl2N3O6S. The molecule has 0 radical (unpaired) electrons. The van der Waals surface area contributed by atoms with Crippen LogP contribution in [0.15, 0.2) is 65.6 Å². The molecular weight excluding hydrogens is 613 g/mol. The van der Waals surface area contributed by atoms with E-state index in [2.05, 4.69) is 5.32 Å². The Bertz CT molecular complexity index is 1550. The summed E-state index contributed by atoms with van der Waals surface area (Å²) in [5.41, 5.74) is 1.82. The van der Waals surface area contributed by atoms with Gasteiger partial charge in [0.25, 0.3) is 10.0 Å². The molecule has 0 aliphatic rings. The predicted molar refractivity (Wildman–Crippen MR) is 170 cm³/mol. The third-order valence-corrected chi connectivity index (χ3v) is 9.21. The fourth-order valence-electron chi connectivity index (χ4n) is 4.48. The van der Waals surface area contributed by atoms with Crippen molar-refractivity contribution in [3.8, 4) is 11.5 Å². The normalized spacial score (nSPS) is 12.0. The lowest BCUT2D eigenvalue weighted by molar-refractivity contribution is -0.140. The number of anilines is 1. The average molecular weight is 651 g/mol. The van der Waals surface area contributed by atoms with E-state index in [1.807, 2.05) is 20.8 Å². The molecule has 43 heavy (non-hydrogen) atoms. The molecule has 0 aromatic heterocycles. The van der Waals surface area contributed by atoms with Gasteiger partial charge in [-0.3, -0.25) is 13.9 Å². The monoisotopic (exact) mass is 649 g/mol. The summed E-state index contributed by atoms with van der Waals surface area (Å²) in [6, 6.07) is 14.9. The molecule has 3 aromatic rings. The lowest BCUT2D eigenvalue weighted by Gasteiger charge is -2.33. The second kappa shape index (κ2) is 14.8. The van der Waals surface area contributed by atoms with Gasteiger partial charge in [-0.05, 0) is 69.2 Å². The summed E-state index contributed by atoms with van der Waals surface area (Å²) in [7, 11) is -1.44. The number of carbonyl (C=O) groups is 2. The summed E-state index contributed by atoms with van der Waals surface area (Å²) in [4.78, 5) is 28.7. The highest BCUT2D eigenvalue weighted by molar-refractivity contribution is 7.92. The Balaban J connectivity index is 2.11. The second-order valence-corrected chi connectivity index (χ2v) is 12.9. The first-order valence-corrected chi connectivity index (χ1v) is 15.9. The van der Waals surface area contributed by atoms with Crippen molar-refractivity contribution >= 4 is 50.7 Å². The minimum Gasteiger partial charge on any atom is -0.493 e. The molecule has 2 amide bonds. The van der Waals surface area contributed by atoms with Crippen molar-refractivity contribution < 1.29 is 27.5 Å². The standard InChI is InChI=1S/C31H37Cl2N3O6S/c1-7-27(31(38)34-20(2)3)35(18-22-10-14-25(32)26(33)16-22)30(37)19-36(23-11-8-21(4)9-12-23)43(39,40)24-13-15-28(41-5)29(17-24)42-6/h8-17,20,27H,7,18-19H2,1-6H3,(H,34,38)/t27-/m0/s1. The zero-order valence-corrected chi connectivity index (χ0v) is 27.4. The molecule has 0 bridgehead atoms. The zero-order chi connectivity index (χ0) is 31.9. The molecule has 12 heteroatoms. The number of nitrogens with one attached hydrogen (secondary N) is 1. The SMILES string of the molecule is CC[C@@H](C(=O)NC(C)C)N(Cc1ccc(Cl)c(Cl)c1)C(=O)CN(c1ccc(C)cc1)S(=O)(=O)c1ccc(OC)c(OC)c1. The molecule has 1 N–H and O–H groups in total. The molecule has 3 rings (SSSR count). The second-order valence-electron chi connectivity index (χ2n) is 10.2. The molecule has 0 unspecified atom stereocenters. The molecule has 0 spiro atoms. The molecule has 0 aliphatic carbocycles. The van der Waals surface area contributed by atoms with Crippen LogP contribution in [0.2, 0.25) is 10.0 Å². The highest BCUT2D eigenvalue weighted by atomic mass is 35.5. The van der Waals surface area contributed by atoms with Crippen LogP contribution in [-0.4, -0.2) is 58.0 Å². The first-order valence-electron chi connectivity index (χ1n) is 13.7. The molecule has 3 aromatic carbocycles. The van der Waals surface area contributed by atoms with Gasteiger partial charge in [0.15, 0.2) is 11.5 Å². The molecule has 232 valence electrons. The number of hydrogen-bond donors (Lipinski definition) is 1. The number of benzene rings is 3. The molecule has 0 saturated carbocycles. The Morgan fingerprint density at radius 3 is 2.12 bits per heavy atom. The summed E-state index contributed by atoms with van der Waals surface area (Å²) in [5.74, 6) is -0.359. The van der Waals surface area contributed by atoms with Gasteiger partial charge < -0.3 is 19.7 Å². The van der Waals surface area contributed by atoms with Gasteiger partial charge in [-0.2, -0.15) is 0 Å². The Morgan fingerprint density at radius 2 is 1.56 bits per heavy atom. The number of aryl methyl sites for hydroxylation is 1. The molecule has 0 aliphatic heterocycles.